The van der Waals surface area contributed by atoms with Gasteiger partial charge in [-0.15, -0.1) is 0 Å². The number of rotatable bonds is 4. The molecule has 0 spiro atoms. The minimum atomic E-state index is -4.37. The lowest BCUT2D eigenvalue weighted by Crippen LogP contribution is -2.30. The van der Waals surface area contributed by atoms with Gasteiger partial charge in [0.2, 0.25) is 0 Å². The summed E-state index contributed by atoms with van der Waals surface area (Å²) >= 11 is 9.04. The predicted octanol–water partition coefficient (Wildman–Crippen LogP) is 4.74. The molecule has 0 saturated heterocycles. The SMILES string of the molecule is CC(OC(CBr)c1ccccc1Cl)C(F)(F)F. The lowest BCUT2D eigenvalue weighted by atomic mass is 10.1. The van der Waals surface area contributed by atoms with E-state index in [1.54, 1.807) is 24.3 Å². The van der Waals surface area contributed by atoms with Crippen LogP contribution in [0.2, 0.25) is 5.02 Å². The molecule has 1 rings (SSSR count). The fourth-order valence-corrected chi connectivity index (χ4v) is 2.01. The van der Waals surface area contributed by atoms with Gasteiger partial charge in [0, 0.05) is 15.9 Å². The van der Waals surface area contributed by atoms with Crippen LogP contribution in [0.25, 0.3) is 0 Å². The highest BCUT2D eigenvalue weighted by atomic mass is 79.9. The van der Waals surface area contributed by atoms with E-state index < -0.39 is 18.4 Å². The molecule has 1 aromatic carbocycles. The molecule has 17 heavy (non-hydrogen) atoms. The Kier molecular flexibility index (Phi) is 5.28. The molecular formula is C11H11BrClF3O. The zero-order valence-corrected chi connectivity index (χ0v) is 11.3. The first-order chi connectivity index (χ1) is 7.86. The van der Waals surface area contributed by atoms with Crippen LogP contribution in [0.5, 0.6) is 0 Å². The van der Waals surface area contributed by atoms with Gasteiger partial charge in [-0.1, -0.05) is 45.7 Å². The van der Waals surface area contributed by atoms with Crippen LogP contribution >= 0.6 is 27.5 Å². The average molecular weight is 332 g/mol. The Labute approximate surface area is 111 Å². The molecule has 2 atom stereocenters. The highest BCUT2D eigenvalue weighted by Gasteiger charge is 2.38. The summed E-state index contributed by atoms with van der Waals surface area (Å²) in [6, 6.07) is 6.69. The van der Waals surface area contributed by atoms with Crippen molar-refractivity contribution < 1.29 is 17.9 Å². The second-order valence-electron chi connectivity index (χ2n) is 3.48. The summed E-state index contributed by atoms with van der Waals surface area (Å²) in [5.41, 5.74) is 0.544. The van der Waals surface area contributed by atoms with Gasteiger partial charge in [0.15, 0.2) is 6.10 Å². The zero-order valence-electron chi connectivity index (χ0n) is 8.97. The van der Waals surface area contributed by atoms with E-state index in [2.05, 4.69) is 15.9 Å². The van der Waals surface area contributed by atoms with Gasteiger partial charge in [-0.25, -0.2) is 0 Å². The van der Waals surface area contributed by atoms with E-state index in [1.807, 2.05) is 0 Å². The molecule has 0 heterocycles. The molecule has 0 aromatic heterocycles. The molecule has 0 radical (unpaired) electrons. The Balaban J connectivity index is 2.83. The van der Waals surface area contributed by atoms with Crippen LogP contribution in [0, 0.1) is 0 Å². The van der Waals surface area contributed by atoms with Gasteiger partial charge in [-0.05, 0) is 13.0 Å². The van der Waals surface area contributed by atoms with E-state index in [0.29, 0.717) is 10.6 Å². The van der Waals surface area contributed by atoms with Gasteiger partial charge in [0.1, 0.15) is 0 Å². The van der Waals surface area contributed by atoms with Gasteiger partial charge in [-0.2, -0.15) is 13.2 Å². The summed E-state index contributed by atoms with van der Waals surface area (Å²) in [6.07, 6.45) is -6.93. The van der Waals surface area contributed by atoms with Crippen LogP contribution < -0.4 is 0 Å². The standard InChI is InChI=1S/C11H11BrClF3O/c1-7(11(14,15)16)17-10(6-12)8-4-2-3-5-9(8)13/h2-5,7,10H,6H2,1H3. The monoisotopic (exact) mass is 330 g/mol. The number of hydrogen-bond donors (Lipinski definition) is 0. The number of hydrogen-bond acceptors (Lipinski definition) is 1. The number of ether oxygens (including phenoxy) is 1. The molecule has 6 heteroatoms. The fraction of sp³-hybridized carbons (Fsp3) is 0.455. The van der Waals surface area contributed by atoms with Crippen molar-refractivity contribution >= 4 is 27.5 Å². The number of alkyl halides is 4. The maximum atomic E-state index is 12.4. The molecule has 0 saturated carbocycles. The van der Waals surface area contributed by atoms with E-state index in [1.165, 1.54) is 0 Å². The largest absolute Gasteiger partial charge is 0.414 e. The lowest BCUT2D eigenvalue weighted by molar-refractivity contribution is -0.225. The van der Waals surface area contributed by atoms with Crippen LogP contribution in [0.4, 0.5) is 13.2 Å². The summed E-state index contributed by atoms with van der Waals surface area (Å²) in [4.78, 5) is 0. The molecule has 0 aliphatic rings. The molecule has 96 valence electrons. The minimum absolute atomic E-state index is 0.247. The van der Waals surface area contributed by atoms with Gasteiger partial charge in [0.25, 0.3) is 0 Å². The normalized spacial score (nSPS) is 15.6. The highest BCUT2D eigenvalue weighted by molar-refractivity contribution is 9.09. The maximum Gasteiger partial charge on any atom is 0.414 e. The second kappa shape index (κ2) is 6.07. The molecular weight excluding hydrogens is 320 g/mol. The highest BCUT2D eigenvalue weighted by Crippen LogP contribution is 2.32. The van der Waals surface area contributed by atoms with E-state index in [-0.39, 0.29) is 5.33 Å². The van der Waals surface area contributed by atoms with Crippen molar-refractivity contribution in [3.05, 3.63) is 34.9 Å². The van der Waals surface area contributed by atoms with Crippen molar-refractivity contribution in [2.75, 3.05) is 5.33 Å². The average Bonchev–Trinajstić information content (AvgIpc) is 2.25. The third-order valence-electron chi connectivity index (χ3n) is 2.22. The maximum absolute atomic E-state index is 12.4. The molecule has 0 aliphatic carbocycles. The summed E-state index contributed by atoms with van der Waals surface area (Å²) < 4.78 is 42.1. The summed E-state index contributed by atoms with van der Waals surface area (Å²) in [5.74, 6) is 0. The Hall–Kier alpha value is -0.260. The van der Waals surface area contributed by atoms with E-state index in [4.69, 9.17) is 16.3 Å². The van der Waals surface area contributed by atoms with Crippen molar-refractivity contribution in [2.24, 2.45) is 0 Å². The molecule has 2 unspecified atom stereocenters. The molecule has 0 bridgehead atoms. The first-order valence-corrected chi connectivity index (χ1v) is 6.38. The third kappa shape index (κ3) is 4.16. The van der Waals surface area contributed by atoms with Gasteiger partial charge in [-0.3, -0.25) is 0 Å². The lowest BCUT2D eigenvalue weighted by Gasteiger charge is -2.23. The Morgan fingerprint density at radius 3 is 2.41 bits per heavy atom. The van der Waals surface area contributed by atoms with Crippen LogP contribution in [0.3, 0.4) is 0 Å². The Morgan fingerprint density at radius 1 is 1.35 bits per heavy atom. The Morgan fingerprint density at radius 2 is 1.94 bits per heavy atom. The fourth-order valence-electron chi connectivity index (χ4n) is 1.25. The summed E-state index contributed by atoms with van der Waals surface area (Å²) in [6.45, 7) is 0.979. The van der Waals surface area contributed by atoms with Gasteiger partial charge >= 0.3 is 6.18 Å². The van der Waals surface area contributed by atoms with E-state index >= 15 is 0 Å². The van der Waals surface area contributed by atoms with Gasteiger partial charge in [0.05, 0.1) is 6.10 Å². The molecule has 0 fully saturated rings. The van der Waals surface area contributed by atoms with Crippen molar-refractivity contribution in [2.45, 2.75) is 25.3 Å². The quantitative estimate of drug-likeness (QED) is 0.724. The Bertz CT molecular complexity index is 370. The van der Waals surface area contributed by atoms with E-state index in [9.17, 15) is 13.2 Å². The number of benzene rings is 1. The second-order valence-corrected chi connectivity index (χ2v) is 4.54. The molecule has 0 aliphatic heterocycles. The smallest absolute Gasteiger partial charge is 0.360 e. The number of halogens is 5. The minimum Gasteiger partial charge on any atom is -0.360 e. The van der Waals surface area contributed by atoms with Crippen molar-refractivity contribution in [3.63, 3.8) is 0 Å². The third-order valence-corrected chi connectivity index (χ3v) is 3.15. The molecule has 0 amide bonds. The van der Waals surface area contributed by atoms with Crippen LogP contribution in [-0.4, -0.2) is 17.6 Å². The van der Waals surface area contributed by atoms with Crippen LogP contribution in [0.15, 0.2) is 24.3 Å². The summed E-state index contributed by atoms with van der Waals surface area (Å²) in [7, 11) is 0. The van der Waals surface area contributed by atoms with Crippen molar-refractivity contribution in [1.29, 1.82) is 0 Å². The van der Waals surface area contributed by atoms with Crippen molar-refractivity contribution in [1.82, 2.24) is 0 Å². The van der Waals surface area contributed by atoms with Crippen LogP contribution in [-0.2, 0) is 4.74 Å². The van der Waals surface area contributed by atoms with E-state index in [0.717, 1.165) is 6.92 Å². The first kappa shape index (κ1) is 14.8. The molecule has 1 aromatic rings. The zero-order chi connectivity index (χ0) is 13.1. The van der Waals surface area contributed by atoms with Crippen molar-refractivity contribution in [3.8, 4) is 0 Å². The summed E-state index contributed by atoms with van der Waals surface area (Å²) in [5, 5.41) is 0.642. The molecule has 1 nitrogen and oxygen atoms in total. The first-order valence-electron chi connectivity index (χ1n) is 4.88. The van der Waals surface area contributed by atoms with Crippen LogP contribution in [0.1, 0.15) is 18.6 Å². The van der Waals surface area contributed by atoms with Gasteiger partial charge < -0.3 is 4.74 Å². The topological polar surface area (TPSA) is 9.23 Å². The predicted molar refractivity (Wildman–Crippen MR) is 64.6 cm³/mol. The molecule has 0 N–H and O–H groups in total.